The molecule has 2 atom stereocenters. The molecule has 3 aromatic rings. The average Bonchev–Trinajstić information content (AvgIpc) is 3.43. The summed E-state index contributed by atoms with van der Waals surface area (Å²) in [6.45, 7) is 3.23. The highest BCUT2D eigenvalue weighted by atomic mass is 35.5. The lowest BCUT2D eigenvalue weighted by Gasteiger charge is -2.24. The van der Waals surface area contributed by atoms with E-state index in [0.29, 0.717) is 28.6 Å². The van der Waals surface area contributed by atoms with E-state index in [2.05, 4.69) is 15.7 Å². The Labute approximate surface area is 191 Å². The van der Waals surface area contributed by atoms with Crippen LogP contribution in [0.2, 0.25) is 5.02 Å². The van der Waals surface area contributed by atoms with Gasteiger partial charge in [-0.15, -0.1) is 0 Å². The summed E-state index contributed by atoms with van der Waals surface area (Å²) in [6.07, 6.45) is 2.12. The highest BCUT2D eigenvalue weighted by Crippen LogP contribution is 2.34. The quantitative estimate of drug-likeness (QED) is 0.549. The molecule has 4 rings (SSSR count). The summed E-state index contributed by atoms with van der Waals surface area (Å²) in [6, 6.07) is 17.4. The number of carbonyl (C=O) groups excluding carboxylic acids is 2. The van der Waals surface area contributed by atoms with Crippen molar-refractivity contribution >= 4 is 40.5 Å². The minimum absolute atomic E-state index is 0.159. The Morgan fingerprint density at radius 1 is 1.12 bits per heavy atom. The van der Waals surface area contributed by atoms with Crippen LogP contribution in [-0.2, 0) is 9.59 Å². The first kappa shape index (κ1) is 21.6. The minimum atomic E-state index is -0.562. The first-order valence-corrected chi connectivity index (χ1v) is 10.6. The molecule has 7 nitrogen and oxygen atoms in total. The van der Waals surface area contributed by atoms with Gasteiger partial charge in [0.05, 0.1) is 12.0 Å². The van der Waals surface area contributed by atoms with Crippen molar-refractivity contribution in [2.45, 2.75) is 32.4 Å². The predicted molar refractivity (Wildman–Crippen MR) is 125 cm³/mol. The number of anilines is 2. The molecule has 1 aliphatic heterocycles. The van der Waals surface area contributed by atoms with Crippen LogP contribution in [0.4, 0.5) is 11.4 Å². The van der Waals surface area contributed by atoms with Gasteiger partial charge >= 0.3 is 0 Å². The van der Waals surface area contributed by atoms with E-state index in [9.17, 15) is 9.59 Å². The van der Waals surface area contributed by atoms with Gasteiger partial charge in [-0.05, 0) is 55.0 Å². The Balaban J connectivity index is 1.56. The number of nitrogens with zero attached hydrogens (tertiary/aromatic N) is 2. The van der Waals surface area contributed by atoms with Crippen LogP contribution in [-0.4, -0.2) is 28.6 Å². The third-order valence-electron chi connectivity index (χ3n) is 5.12. The first-order chi connectivity index (χ1) is 15.4. The molecular weight excluding hydrogens is 428 g/mol. The van der Waals surface area contributed by atoms with E-state index in [0.717, 1.165) is 11.3 Å². The third kappa shape index (κ3) is 4.84. The van der Waals surface area contributed by atoms with Crippen LogP contribution in [0.3, 0.4) is 0 Å². The summed E-state index contributed by atoms with van der Waals surface area (Å²) < 4.78 is 5.60. The summed E-state index contributed by atoms with van der Waals surface area (Å²) in [5.74, 6) is 0.319. The fraction of sp³-hybridized carbons (Fsp3) is 0.208. The Bertz CT molecular complexity index is 1140. The number of carbonyl (C=O) groups is 2. The molecule has 0 radical (unpaired) electrons. The Hall–Kier alpha value is -3.58. The molecule has 0 saturated carbocycles. The fourth-order valence-electron chi connectivity index (χ4n) is 3.63. The maximum absolute atomic E-state index is 13.4. The van der Waals surface area contributed by atoms with Crippen LogP contribution < -0.4 is 10.6 Å². The van der Waals surface area contributed by atoms with Gasteiger partial charge in [0.15, 0.2) is 0 Å². The molecule has 0 bridgehead atoms. The zero-order chi connectivity index (χ0) is 22.7. The lowest BCUT2D eigenvalue weighted by Crippen LogP contribution is -2.38. The highest BCUT2D eigenvalue weighted by molar-refractivity contribution is 6.30. The SMILES string of the molecule is CC(=O)Nc1cccc(N[C@H](C)C(=O)N2N=C(c3ccc(Cl)cc3)C[C@H]2c2ccco2)c1. The van der Waals surface area contributed by atoms with Gasteiger partial charge in [0.2, 0.25) is 5.91 Å². The van der Waals surface area contributed by atoms with E-state index in [1.807, 2.05) is 30.3 Å². The van der Waals surface area contributed by atoms with Crippen LogP contribution in [0.15, 0.2) is 76.4 Å². The summed E-state index contributed by atoms with van der Waals surface area (Å²) in [4.78, 5) is 24.7. The monoisotopic (exact) mass is 450 g/mol. The standard InChI is InChI=1S/C24H23ClN4O3/c1-15(26-19-5-3-6-20(13-19)27-16(2)30)24(31)29-22(23-7-4-12-32-23)14-21(28-29)17-8-10-18(25)11-9-17/h3-13,15,22,26H,14H2,1-2H3,(H,27,30)/t15-,22+/m1/s1. The van der Waals surface area contributed by atoms with Crippen LogP contribution in [0.5, 0.6) is 0 Å². The molecule has 2 heterocycles. The minimum Gasteiger partial charge on any atom is -0.467 e. The summed E-state index contributed by atoms with van der Waals surface area (Å²) in [5, 5.41) is 12.7. The van der Waals surface area contributed by atoms with E-state index in [4.69, 9.17) is 16.0 Å². The lowest BCUT2D eigenvalue weighted by atomic mass is 10.0. The Morgan fingerprint density at radius 2 is 1.88 bits per heavy atom. The van der Waals surface area contributed by atoms with Gasteiger partial charge in [-0.25, -0.2) is 5.01 Å². The molecule has 2 N–H and O–H groups in total. The van der Waals surface area contributed by atoms with Crippen LogP contribution in [0.25, 0.3) is 0 Å². The zero-order valence-electron chi connectivity index (χ0n) is 17.7. The maximum atomic E-state index is 13.4. The molecule has 1 aliphatic rings. The molecule has 0 spiro atoms. The number of benzene rings is 2. The lowest BCUT2D eigenvalue weighted by molar-refractivity contribution is -0.133. The number of hydrogen-bond acceptors (Lipinski definition) is 5. The Kier molecular flexibility index (Phi) is 6.28. The van der Waals surface area contributed by atoms with Gasteiger partial charge in [0, 0.05) is 29.7 Å². The molecule has 8 heteroatoms. The van der Waals surface area contributed by atoms with Crippen LogP contribution in [0.1, 0.15) is 37.6 Å². The van der Waals surface area contributed by atoms with Gasteiger partial charge in [0.1, 0.15) is 17.8 Å². The number of amides is 2. The van der Waals surface area contributed by atoms with Crippen molar-refractivity contribution in [3.8, 4) is 0 Å². The molecule has 0 aliphatic carbocycles. The third-order valence-corrected chi connectivity index (χ3v) is 5.37. The molecule has 32 heavy (non-hydrogen) atoms. The van der Waals surface area contributed by atoms with Crippen molar-refractivity contribution in [1.82, 2.24) is 5.01 Å². The second kappa shape index (κ2) is 9.28. The zero-order valence-corrected chi connectivity index (χ0v) is 18.5. The molecule has 0 fully saturated rings. The molecule has 2 aromatic carbocycles. The normalized spacial score (nSPS) is 16.4. The van der Waals surface area contributed by atoms with Crippen molar-refractivity contribution < 1.29 is 14.0 Å². The molecule has 1 aromatic heterocycles. The average molecular weight is 451 g/mol. The number of hydrogen-bond donors (Lipinski definition) is 2. The van der Waals surface area contributed by atoms with E-state index in [1.165, 1.54) is 11.9 Å². The van der Waals surface area contributed by atoms with Gasteiger partial charge in [-0.1, -0.05) is 29.8 Å². The second-order valence-corrected chi connectivity index (χ2v) is 8.04. The Morgan fingerprint density at radius 3 is 2.56 bits per heavy atom. The second-order valence-electron chi connectivity index (χ2n) is 7.60. The summed E-state index contributed by atoms with van der Waals surface area (Å²) in [7, 11) is 0. The van der Waals surface area contributed by atoms with Gasteiger partial charge < -0.3 is 15.1 Å². The fourth-order valence-corrected chi connectivity index (χ4v) is 3.76. The maximum Gasteiger partial charge on any atom is 0.265 e. The first-order valence-electron chi connectivity index (χ1n) is 10.2. The number of furan rings is 1. The summed E-state index contributed by atoms with van der Waals surface area (Å²) >= 11 is 6.01. The van der Waals surface area contributed by atoms with Crippen molar-refractivity contribution in [3.05, 3.63) is 83.3 Å². The number of hydrazone groups is 1. The predicted octanol–water partition coefficient (Wildman–Crippen LogP) is 5.07. The highest BCUT2D eigenvalue weighted by Gasteiger charge is 2.36. The van der Waals surface area contributed by atoms with E-state index in [1.54, 1.807) is 43.5 Å². The smallest absolute Gasteiger partial charge is 0.265 e. The van der Waals surface area contributed by atoms with E-state index < -0.39 is 6.04 Å². The van der Waals surface area contributed by atoms with E-state index in [-0.39, 0.29) is 17.9 Å². The van der Waals surface area contributed by atoms with Gasteiger partial charge in [-0.3, -0.25) is 9.59 Å². The topological polar surface area (TPSA) is 86.9 Å². The van der Waals surface area contributed by atoms with Crippen molar-refractivity contribution in [2.75, 3.05) is 10.6 Å². The molecule has 164 valence electrons. The van der Waals surface area contributed by atoms with Gasteiger partial charge in [0.25, 0.3) is 5.91 Å². The molecule has 0 saturated heterocycles. The van der Waals surface area contributed by atoms with Gasteiger partial charge in [-0.2, -0.15) is 5.10 Å². The largest absolute Gasteiger partial charge is 0.467 e. The van der Waals surface area contributed by atoms with Crippen molar-refractivity contribution in [2.24, 2.45) is 5.10 Å². The summed E-state index contributed by atoms with van der Waals surface area (Å²) in [5.41, 5.74) is 3.06. The van der Waals surface area contributed by atoms with Crippen molar-refractivity contribution in [1.29, 1.82) is 0 Å². The number of rotatable bonds is 6. The molecule has 2 amide bonds. The van der Waals surface area contributed by atoms with Crippen LogP contribution in [0, 0.1) is 0 Å². The molecular formula is C24H23ClN4O3. The number of halogens is 1. The van der Waals surface area contributed by atoms with Crippen molar-refractivity contribution in [3.63, 3.8) is 0 Å². The molecule has 0 unspecified atom stereocenters. The van der Waals surface area contributed by atoms with E-state index >= 15 is 0 Å². The number of nitrogens with one attached hydrogen (secondary N) is 2. The van der Waals surface area contributed by atoms with Crippen LogP contribution >= 0.6 is 11.6 Å².